The fourth-order valence-corrected chi connectivity index (χ4v) is 1.34. The second-order valence-corrected chi connectivity index (χ2v) is 3.25. The summed E-state index contributed by atoms with van der Waals surface area (Å²) in [5.41, 5.74) is 2.94. The van der Waals surface area contributed by atoms with Crippen LogP contribution in [-0.4, -0.2) is 13.0 Å². The van der Waals surface area contributed by atoms with Crippen molar-refractivity contribution in [3.63, 3.8) is 0 Å². The van der Waals surface area contributed by atoms with Gasteiger partial charge in [-0.3, -0.25) is 4.79 Å². The minimum atomic E-state index is -0.0577. The third-order valence-electron chi connectivity index (χ3n) is 2.27. The molecule has 0 atom stereocenters. The Bertz CT molecular complexity index is 359. The van der Waals surface area contributed by atoms with Gasteiger partial charge in [-0.05, 0) is 37.1 Å². The third-order valence-corrected chi connectivity index (χ3v) is 2.27. The number of rotatable bonds is 2. The molecule has 1 aromatic carbocycles. The lowest BCUT2D eigenvalue weighted by Crippen LogP contribution is -2.08. The van der Waals surface area contributed by atoms with E-state index in [2.05, 4.69) is 5.32 Å². The molecule has 0 saturated heterocycles. The molecule has 14 heavy (non-hydrogen) atoms. The molecule has 0 radical (unpaired) electrons. The highest BCUT2D eigenvalue weighted by atomic mass is 16.5. The number of ether oxygens (including phenoxy) is 1. The first kappa shape index (κ1) is 10.6. The highest BCUT2D eigenvalue weighted by Crippen LogP contribution is 2.26. The number of methoxy groups -OCH3 is 1. The van der Waals surface area contributed by atoms with Gasteiger partial charge in [-0.1, -0.05) is 0 Å². The average molecular weight is 193 g/mol. The molecule has 1 aromatic rings. The number of benzene rings is 1. The highest BCUT2D eigenvalue weighted by Gasteiger charge is 2.06. The molecule has 0 unspecified atom stereocenters. The molecular weight excluding hydrogens is 178 g/mol. The summed E-state index contributed by atoms with van der Waals surface area (Å²) in [6.07, 6.45) is 0. The van der Waals surface area contributed by atoms with Gasteiger partial charge in [0, 0.05) is 12.6 Å². The zero-order chi connectivity index (χ0) is 10.7. The predicted octanol–water partition coefficient (Wildman–Crippen LogP) is 2.27. The van der Waals surface area contributed by atoms with Gasteiger partial charge in [0.15, 0.2) is 0 Å². The second kappa shape index (κ2) is 4.13. The van der Waals surface area contributed by atoms with E-state index < -0.39 is 0 Å². The zero-order valence-electron chi connectivity index (χ0n) is 8.97. The van der Waals surface area contributed by atoms with E-state index in [1.807, 2.05) is 26.0 Å². The molecule has 0 saturated carbocycles. The van der Waals surface area contributed by atoms with Crippen molar-refractivity contribution in [3.05, 3.63) is 23.3 Å². The topological polar surface area (TPSA) is 38.3 Å². The van der Waals surface area contributed by atoms with E-state index in [4.69, 9.17) is 4.74 Å². The van der Waals surface area contributed by atoms with E-state index >= 15 is 0 Å². The smallest absolute Gasteiger partial charge is 0.221 e. The summed E-state index contributed by atoms with van der Waals surface area (Å²) in [7, 11) is 1.64. The van der Waals surface area contributed by atoms with E-state index in [0.717, 1.165) is 22.6 Å². The van der Waals surface area contributed by atoms with Crippen molar-refractivity contribution < 1.29 is 9.53 Å². The van der Waals surface area contributed by atoms with Gasteiger partial charge in [0.2, 0.25) is 5.91 Å². The summed E-state index contributed by atoms with van der Waals surface area (Å²) in [6.45, 7) is 5.43. The number of carbonyl (C=O) groups is 1. The Balaban J connectivity index is 3.10. The summed E-state index contributed by atoms with van der Waals surface area (Å²) in [5, 5.41) is 2.77. The Morgan fingerprint density at radius 3 is 2.43 bits per heavy atom. The molecule has 0 spiro atoms. The van der Waals surface area contributed by atoms with Crippen LogP contribution in [0.25, 0.3) is 0 Å². The van der Waals surface area contributed by atoms with Gasteiger partial charge in [0.1, 0.15) is 5.75 Å². The molecule has 1 rings (SSSR count). The van der Waals surface area contributed by atoms with Crippen LogP contribution in [0, 0.1) is 13.8 Å². The number of amides is 1. The normalized spacial score (nSPS) is 9.71. The van der Waals surface area contributed by atoms with E-state index in [1.54, 1.807) is 7.11 Å². The van der Waals surface area contributed by atoms with Gasteiger partial charge < -0.3 is 10.1 Å². The Labute approximate surface area is 84.1 Å². The van der Waals surface area contributed by atoms with E-state index in [1.165, 1.54) is 6.92 Å². The first-order valence-electron chi connectivity index (χ1n) is 4.48. The molecular formula is C11H15NO2. The summed E-state index contributed by atoms with van der Waals surface area (Å²) >= 11 is 0. The summed E-state index contributed by atoms with van der Waals surface area (Å²) in [5.74, 6) is 0.786. The molecule has 0 bridgehead atoms. The van der Waals surface area contributed by atoms with Gasteiger partial charge in [-0.2, -0.15) is 0 Å². The van der Waals surface area contributed by atoms with Crippen LogP contribution in [-0.2, 0) is 4.79 Å². The number of hydrogen-bond donors (Lipinski definition) is 1. The second-order valence-electron chi connectivity index (χ2n) is 3.25. The van der Waals surface area contributed by atoms with Crippen molar-refractivity contribution >= 4 is 11.6 Å². The lowest BCUT2D eigenvalue weighted by Gasteiger charge is -2.12. The van der Waals surface area contributed by atoms with E-state index in [0.29, 0.717) is 0 Å². The lowest BCUT2D eigenvalue weighted by molar-refractivity contribution is -0.114. The highest BCUT2D eigenvalue weighted by molar-refractivity contribution is 5.89. The maximum atomic E-state index is 10.9. The molecule has 0 aliphatic rings. The number of hydrogen-bond acceptors (Lipinski definition) is 2. The largest absolute Gasteiger partial charge is 0.496 e. The Morgan fingerprint density at radius 1 is 1.29 bits per heavy atom. The molecule has 0 heterocycles. The van der Waals surface area contributed by atoms with Crippen molar-refractivity contribution in [2.24, 2.45) is 0 Å². The fraction of sp³-hybridized carbons (Fsp3) is 0.364. The lowest BCUT2D eigenvalue weighted by atomic mass is 10.1. The SMILES string of the molecule is COc1ccc(NC(C)=O)c(C)c1C. The van der Waals surface area contributed by atoms with Crippen molar-refractivity contribution in [2.75, 3.05) is 12.4 Å². The molecule has 3 heteroatoms. The minimum Gasteiger partial charge on any atom is -0.496 e. The van der Waals surface area contributed by atoms with Crippen molar-refractivity contribution in [1.82, 2.24) is 0 Å². The van der Waals surface area contributed by atoms with Gasteiger partial charge in [0.25, 0.3) is 0 Å². The van der Waals surface area contributed by atoms with Crippen LogP contribution in [0.15, 0.2) is 12.1 Å². The zero-order valence-corrected chi connectivity index (χ0v) is 8.97. The molecule has 76 valence electrons. The monoisotopic (exact) mass is 193 g/mol. The maximum Gasteiger partial charge on any atom is 0.221 e. The number of anilines is 1. The van der Waals surface area contributed by atoms with Crippen LogP contribution in [0.5, 0.6) is 5.75 Å². The molecule has 0 aliphatic heterocycles. The van der Waals surface area contributed by atoms with Crippen molar-refractivity contribution in [2.45, 2.75) is 20.8 Å². The van der Waals surface area contributed by atoms with Crippen LogP contribution in [0.1, 0.15) is 18.1 Å². The first-order valence-corrected chi connectivity index (χ1v) is 4.48. The molecule has 0 fully saturated rings. The first-order chi connectivity index (χ1) is 6.56. The molecule has 1 amide bonds. The summed E-state index contributed by atoms with van der Waals surface area (Å²) in [6, 6.07) is 3.70. The number of nitrogens with one attached hydrogen (secondary N) is 1. The molecule has 3 nitrogen and oxygen atoms in total. The average Bonchev–Trinajstić information content (AvgIpc) is 2.13. The third kappa shape index (κ3) is 2.05. The van der Waals surface area contributed by atoms with Gasteiger partial charge in [-0.25, -0.2) is 0 Å². The van der Waals surface area contributed by atoms with Gasteiger partial charge >= 0.3 is 0 Å². The Kier molecular flexibility index (Phi) is 3.12. The quantitative estimate of drug-likeness (QED) is 0.782. The van der Waals surface area contributed by atoms with E-state index in [-0.39, 0.29) is 5.91 Å². The van der Waals surface area contributed by atoms with Crippen LogP contribution in [0.3, 0.4) is 0 Å². The van der Waals surface area contributed by atoms with Gasteiger partial charge in [0.05, 0.1) is 7.11 Å². The van der Waals surface area contributed by atoms with Crippen LogP contribution < -0.4 is 10.1 Å². The predicted molar refractivity (Wildman–Crippen MR) is 56.8 cm³/mol. The van der Waals surface area contributed by atoms with Crippen LogP contribution in [0.2, 0.25) is 0 Å². The standard InChI is InChI=1S/C11H15NO2/c1-7-8(2)11(14-4)6-5-10(7)12-9(3)13/h5-6H,1-4H3,(H,12,13). The van der Waals surface area contributed by atoms with Crippen LogP contribution in [0.4, 0.5) is 5.69 Å². The Hall–Kier alpha value is -1.51. The van der Waals surface area contributed by atoms with Gasteiger partial charge in [-0.15, -0.1) is 0 Å². The minimum absolute atomic E-state index is 0.0577. The molecule has 1 N–H and O–H groups in total. The summed E-state index contributed by atoms with van der Waals surface area (Å²) in [4.78, 5) is 10.9. The molecule has 0 aromatic heterocycles. The maximum absolute atomic E-state index is 10.9. The van der Waals surface area contributed by atoms with Crippen molar-refractivity contribution in [3.8, 4) is 5.75 Å². The fourth-order valence-electron chi connectivity index (χ4n) is 1.34. The number of carbonyl (C=O) groups excluding carboxylic acids is 1. The van der Waals surface area contributed by atoms with Crippen molar-refractivity contribution in [1.29, 1.82) is 0 Å². The summed E-state index contributed by atoms with van der Waals surface area (Å²) < 4.78 is 5.17. The van der Waals surface area contributed by atoms with Crippen LogP contribution >= 0.6 is 0 Å². The van der Waals surface area contributed by atoms with E-state index in [9.17, 15) is 4.79 Å². The molecule has 0 aliphatic carbocycles. The Morgan fingerprint density at radius 2 is 1.93 bits per heavy atom.